The van der Waals surface area contributed by atoms with E-state index < -0.39 is 0 Å². The Morgan fingerprint density at radius 2 is 0.647 bits per heavy atom. The van der Waals surface area contributed by atoms with E-state index in [4.69, 9.17) is 0 Å². The molecule has 0 heterocycles. The molecule has 0 atom stereocenters. The normalized spacial score (nSPS) is 9.97. The summed E-state index contributed by atoms with van der Waals surface area (Å²) in [6.07, 6.45) is 10.1. The van der Waals surface area contributed by atoms with Gasteiger partial charge in [0, 0.05) is 20.4 Å². The average molecular weight is 545 g/mol. The number of carbonyl (C=O) groups excluding carboxylic acids is 3. The van der Waals surface area contributed by atoms with Crippen molar-refractivity contribution in [3.8, 4) is 0 Å². The molecule has 0 saturated heterocycles. The summed E-state index contributed by atoms with van der Waals surface area (Å²) in [7, 11) is 0. The van der Waals surface area contributed by atoms with Crippen molar-refractivity contribution in [3.63, 3.8) is 0 Å². The van der Waals surface area contributed by atoms with Crippen LogP contribution in [0.25, 0.3) is 18.2 Å². The minimum Gasteiger partial charge on any atom is -0.295 e. The summed E-state index contributed by atoms with van der Waals surface area (Å²) in [4.78, 5) is 31.6. The van der Waals surface area contributed by atoms with Crippen molar-refractivity contribution in [2.24, 2.45) is 0 Å². The van der Waals surface area contributed by atoms with Gasteiger partial charge >= 0.3 is 0 Å². The van der Waals surface area contributed by atoms with Crippen LogP contribution < -0.4 is 0 Å². The molecule has 3 nitrogen and oxygen atoms in total. The van der Waals surface area contributed by atoms with Crippen molar-refractivity contribution in [1.82, 2.24) is 0 Å². The molecule has 0 aromatic heterocycles. The summed E-state index contributed by atoms with van der Waals surface area (Å²) in [6.45, 7) is 4.62. The minimum absolute atomic E-state index is 0. The van der Waals surface area contributed by atoms with Gasteiger partial charge in [0.2, 0.25) is 0 Å². The first-order chi connectivity index (χ1) is 15.9. The Balaban J connectivity index is 0.000000473. The predicted octanol–water partition coefficient (Wildman–Crippen LogP) is 6.86. The monoisotopic (exact) mass is 544 g/mol. The van der Waals surface area contributed by atoms with Crippen LogP contribution in [0.4, 0.5) is 0 Å². The smallest absolute Gasteiger partial charge is 0.152 e. The van der Waals surface area contributed by atoms with Gasteiger partial charge in [0.1, 0.15) is 0 Å². The van der Waals surface area contributed by atoms with Crippen molar-refractivity contribution in [2.75, 3.05) is 0 Å². The molecule has 0 radical (unpaired) electrons. The predicted molar refractivity (Wildman–Crippen MR) is 138 cm³/mol. The van der Waals surface area contributed by atoms with Crippen LogP contribution in [0.2, 0.25) is 0 Å². The van der Waals surface area contributed by atoms with Crippen molar-refractivity contribution >= 4 is 35.6 Å². The molecule has 0 spiro atoms. The van der Waals surface area contributed by atoms with E-state index in [1.54, 1.807) is 39.0 Å². The quantitative estimate of drug-likeness (QED) is 0.251. The van der Waals surface area contributed by atoms with Crippen molar-refractivity contribution in [2.45, 2.75) is 20.8 Å². The van der Waals surface area contributed by atoms with Crippen molar-refractivity contribution in [3.05, 3.63) is 126 Å². The van der Waals surface area contributed by atoms with Crippen LogP contribution in [0.3, 0.4) is 0 Å². The van der Waals surface area contributed by atoms with E-state index in [2.05, 4.69) is 0 Å². The van der Waals surface area contributed by atoms with Crippen LogP contribution in [-0.2, 0) is 34.8 Å². The van der Waals surface area contributed by atoms with Crippen LogP contribution in [0, 0.1) is 0 Å². The largest absolute Gasteiger partial charge is 0.295 e. The maximum atomic E-state index is 10.5. The van der Waals surface area contributed by atoms with Gasteiger partial charge in [0.25, 0.3) is 0 Å². The Morgan fingerprint density at radius 3 is 0.824 bits per heavy atom. The number of benzene rings is 3. The van der Waals surface area contributed by atoms with Gasteiger partial charge in [-0.05, 0) is 55.7 Å². The standard InChI is InChI=1S/3C10H10O.Pd/c3*1-9(11)7-8-10-5-3-2-4-6-10;/h3*2-8H,1H3;. The van der Waals surface area contributed by atoms with Gasteiger partial charge in [0.15, 0.2) is 17.3 Å². The molecule has 3 aromatic rings. The molecule has 0 amide bonds. The molecule has 178 valence electrons. The maximum Gasteiger partial charge on any atom is 0.152 e. The Labute approximate surface area is 216 Å². The van der Waals surface area contributed by atoms with Crippen LogP contribution in [0.15, 0.2) is 109 Å². The zero-order chi connectivity index (χ0) is 24.3. The number of carbonyl (C=O) groups is 3. The summed E-state index contributed by atoms with van der Waals surface area (Å²) in [5.41, 5.74) is 3.17. The summed E-state index contributed by atoms with van der Waals surface area (Å²) in [5.74, 6) is 0.233. The third-order valence-electron chi connectivity index (χ3n) is 3.93. The molecule has 0 fully saturated rings. The van der Waals surface area contributed by atoms with E-state index in [0.717, 1.165) is 16.7 Å². The summed E-state index contributed by atoms with van der Waals surface area (Å²) in [6, 6.07) is 29.3. The van der Waals surface area contributed by atoms with Gasteiger partial charge in [-0.25, -0.2) is 0 Å². The molecule has 0 saturated carbocycles. The van der Waals surface area contributed by atoms with E-state index in [0.29, 0.717) is 0 Å². The second-order valence-electron chi connectivity index (χ2n) is 7.06. The molecule has 0 unspecified atom stereocenters. The second kappa shape index (κ2) is 19.1. The molecule has 3 aromatic carbocycles. The first kappa shape index (κ1) is 30.6. The fraction of sp³-hybridized carbons (Fsp3) is 0.100. The second-order valence-corrected chi connectivity index (χ2v) is 7.06. The molecule has 0 N–H and O–H groups in total. The molecule has 4 heteroatoms. The number of hydrogen-bond donors (Lipinski definition) is 0. The molecular weight excluding hydrogens is 515 g/mol. The van der Waals surface area contributed by atoms with Crippen LogP contribution in [0.5, 0.6) is 0 Å². The van der Waals surface area contributed by atoms with Gasteiger partial charge in [-0.3, -0.25) is 14.4 Å². The zero-order valence-electron chi connectivity index (χ0n) is 19.7. The van der Waals surface area contributed by atoms with Crippen molar-refractivity contribution < 1.29 is 34.8 Å². The fourth-order valence-electron chi connectivity index (χ4n) is 2.33. The van der Waals surface area contributed by atoms with Gasteiger partial charge in [-0.2, -0.15) is 0 Å². The SMILES string of the molecule is CC(=O)C=Cc1ccccc1.CC(=O)C=Cc1ccccc1.CC(=O)C=Cc1ccccc1.[Pd]. The van der Waals surface area contributed by atoms with Crippen molar-refractivity contribution in [1.29, 1.82) is 0 Å². The van der Waals surface area contributed by atoms with Gasteiger partial charge in [-0.1, -0.05) is 109 Å². The number of rotatable bonds is 6. The summed E-state index contributed by atoms with van der Waals surface area (Å²) >= 11 is 0. The molecule has 0 bridgehead atoms. The van der Waals surface area contributed by atoms with Gasteiger partial charge in [0.05, 0.1) is 0 Å². The first-order valence-corrected chi connectivity index (χ1v) is 10.6. The van der Waals surface area contributed by atoms with Gasteiger partial charge < -0.3 is 0 Å². The molecule has 0 aliphatic carbocycles. The van der Waals surface area contributed by atoms with Crippen LogP contribution in [-0.4, -0.2) is 17.3 Å². The number of ketones is 3. The van der Waals surface area contributed by atoms with E-state index in [1.807, 2.05) is 109 Å². The first-order valence-electron chi connectivity index (χ1n) is 10.6. The average Bonchev–Trinajstić information content (AvgIpc) is 2.83. The minimum atomic E-state index is 0. The van der Waals surface area contributed by atoms with E-state index in [-0.39, 0.29) is 37.8 Å². The van der Waals surface area contributed by atoms with Gasteiger partial charge in [-0.15, -0.1) is 0 Å². The summed E-state index contributed by atoms with van der Waals surface area (Å²) < 4.78 is 0. The molecule has 0 aliphatic rings. The third kappa shape index (κ3) is 17.1. The number of hydrogen-bond acceptors (Lipinski definition) is 3. The molecule has 0 aliphatic heterocycles. The Hall–Kier alpha value is -3.45. The maximum absolute atomic E-state index is 10.5. The Bertz CT molecular complexity index is 926. The van der Waals surface area contributed by atoms with E-state index in [9.17, 15) is 14.4 Å². The number of allylic oxidation sites excluding steroid dienone is 3. The topological polar surface area (TPSA) is 51.2 Å². The third-order valence-corrected chi connectivity index (χ3v) is 3.93. The molecule has 3 rings (SSSR count). The Kier molecular flexibility index (Phi) is 17.1. The zero-order valence-corrected chi connectivity index (χ0v) is 21.2. The molecular formula is C30H30O3Pd. The van der Waals surface area contributed by atoms with Crippen LogP contribution >= 0.6 is 0 Å². The fourth-order valence-corrected chi connectivity index (χ4v) is 2.33. The van der Waals surface area contributed by atoms with E-state index in [1.165, 1.54) is 0 Å². The van der Waals surface area contributed by atoms with E-state index >= 15 is 0 Å². The van der Waals surface area contributed by atoms with Crippen LogP contribution in [0.1, 0.15) is 37.5 Å². The molecule has 34 heavy (non-hydrogen) atoms. The Morgan fingerprint density at radius 1 is 0.441 bits per heavy atom. The summed E-state index contributed by atoms with van der Waals surface area (Å²) in [5, 5.41) is 0.